The number of nitrogens with one attached hydrogen (secondary N) is 1. The van der Waals surface area contributed by atoms with E-state index in [1.165, 1.54) is 0 Å². The second-order valence-corrected chi connectivity index (χ2v) is 8.71. The number of methoxy groups -OCH3 is 1. The van der Waals surface area contributed by atoms with E-state index in [1.54, 1.807) is 31.4 Å². The van der Waals surface area contributed by atoms with Crippen molar-refractivity contribution in [3.05, 3.63) is 65.7 Å². The third kappa shape index (κ3) is 4.40. The van der Waals surface area contributed by atoms with Crippen LogP contribution in [0.5, 0.6) is 5.75 Å². The van der Waals surface area contributed by atoms with Gasteiger partial charge < -0.3 is 9.47 Å². The van der Waals surface area contributed by atoms with Gasteiger partial charge in [0.05, 0.1) is 26.9 Å². The van der Waals surface area contributed by atoms with Gasteiger partial charge in [0, 0.05) is 25.2 Å². The van der Waals surface area contributed by atoms with Gasteiger partial charge in [0.15, 0.2) is 0 Å². The van der Waals surface area contributed by atoms with Crippen LogP contribution >= 0.6 is 0 Å². The highest BCUT2D eigenvalue weighted by atomic mass is 32.2. The fourth-order valence-electron chi connectivity index (χ4n) is 3.63. The molecule has 2 heterocycles. The number of hydrogen-bond acceptors (Lipinski definition) is 6. The summed E-state index contributed by atoms with van der Waals surface area (Å²) in [6, 6.07) is 16.5. The first-order valence-electron chi connectivity index (χ1n) is 9.90. The molecular formula is C22H25N3O4S. The zero-order chi connectivity index (χ0) is 21.0. The number of aliphatic imine (C=N–C) groups is 1. The molecule has 4 rings (SSSR count). The van der Waals surface area contributed by atoms with Gasteiger partial charge in [0.25, 0.3) is 10.0 Å². The highest BCUT2D eigenvalue weighted by Crippen LogP contribution is 2.36. The summed E-state index contributed by atoms with van der Waals surface area (Å²) in [6.07, 6.45) is 0. The molecule has 0 spiro atoms. The van der Waals surface area contributed by atoms with Crippen molar-refractivity contribution in [2.24, 2.45) is 4.99 Å². The Hall–Kier alpha value is -2.68. The van der Waals surface area contributed by atoms with E-state index in [4.69, 9.17) is 9.47 Å². The molecule has 0 saturated carbocycles. The van der Waals surface area contributed by atoms with Crippen molar-refractivity contribution in [2.45, 2.75) is 0 Å². The monoisotopic (exact) mass is 427 g/mol. The van der Waals surface area contributed by atoms with E-state index in [0.29, 0.717) is 29.3 Å². The molecule has 0 aromatic heterocycles. The van der Waals surface area contributed by atoms with Gasteiger partial charge in [0.1, 0.15) is 16.5 Å². The molecular weight excluding hydrogens is 402 g/mol. The van der Waals surface area contributed by atoms with Crippen LogP contribution in [-0.4, -0.2) is 65.7 Å². The van der Waals surface area contributed by atoms with Gasteiger partial charge in [-0.1, -0.05) is 30.3 Å². The molecule has 1 fully saturated rings. The highest BCUT2D eigenvalue weighted by Gasteiger charge is 2.35. The normalized spacial score (nSPS) is 20.4. The maximum absolute atomic E-state index is 13.1. The van der Waals surface area contributed by atoms with Gasteiger partial charge in [0.2, 0.25) is 0 Å². The Labute approximate surface area is 177 Å². The van der Waals surface area contributed by atoms with Crippen LogP contribution in [0.2, 0.25) is 0 Å². The summed E-state index contributed by atoms with van der Waals surface area (Å²) in [5.74, 6) is 1.06. The molecule has 0 unspecified atom stereocenters. The predicted octanol–water partition coefficient (Wildman–Crippen LogP) is 2.23. The molecule has 30 heavy (non-hydrogen) atoms. The molecule has 0 bridgehead atoms. The lowest BCUT2D eigenvalue weighted by atomic mass is 10.0. The Morgan fingerprint density at radius 1 is 1.03 bits per heavy atom. The first-order valence-corrected chi connectivity index (χ1v) is 11.4. The Balaban J connectivity index is 1.72. The average Bonchev–Trinajstić information content (AvgIpc) is 3.05. The van der Waals surface area contributed by atoms with Crippen LogP contribution in [0, 0.1) is 0 Å². The summed E-state index contributed by atoms with van der Waals surface area (Å²) >= 11 is 0. The average molecular weight is 428 g/mol. The van der Waals surface area contributed by atoms with Gasteiger partial charge in [-0.05, 0) is 35.4 Å². The van der Waals surface area contributed by atoms with Crippen LogP contribution in [0.3, 0.4) is 0 Å². The summed E-state index contributed by atoms with van der Waals surface area (Å²) in [7, 11) is -2.16. The zero-order valence-electron chi connectivity index (χ0n) is 16.9. The molecule has 0 aliphatic carbocycles. The first kappa shape index (κ1) is 20.6. The van der Waals surface area contributed by atoms with Crippen molar-refractivity contribution < 1.29 is 17.9 Å². The number of morpholine rings is 1. The Morgan fingerprint density at radius 2 is 1.73 bits per heavy atom. The molecule has 2 aromatic rings. The van der Waals surface area contributed by atoms with Crippen LogP contribution in [0.4, 0.5) is 0 Å². The number of sulfonamides is 1. The molecule has 2 aliphatic heterocycles. The highest BCUT2D eigenvalue weighted by molar-refractivity contribution is 8.00. The predicted molar refractivity (Wildman–Crippen MR) is 118 cm³/mol. The molecule has 2 aliphatic rings. The molecule has 0 radical (unpaired) electrons. The second-order valence-electron chi connectivity index (χ2n) is 7.09. The standard InChI is InChI=1S/C22H25N3O4S/c1-28-19-9-7-18(8-10-19)21-20(17-5-3-2-4-6-17)22(24-30(21,26)27)23-11-12-25-13-15-29-16-14-25/h2-10H,11-16H2,1H3,(H,23,24). The minimum atomic E-state index is -3.74. The molecule has 1 N–H and O–H groups in total. The Kier molecular flexibility index (Phi) is 6.17. The summed E-state index contributed by atoms with van der Waals surface area (Å²) in [4.78, 5) is 7.15. The fraction of sp³-hybridized carbons (Fsp3) is 0.318. The lowest BCUT2D eigenvalue weighted by Gasteiger charge is -2.25. The van der Waals surface area contributed by atoms with Crippen molar-refractivity contribution in [1.29, 1.82) is 0 Å². The first-order chi connectivity index (χ1) is 14.6. The lowest BCUT2D eigenvalue weighted by Crippen LogP contribution is -2.38. The van der Waals surface area contributed by atoms with Gasteiger partial charge in [-0.2, -0.15) is 0 Å². The van der Waals surface area contributed by atoms with E-state index in [2.05, 4.69) is 14.6 Å². The van der Waals surface area contributed by atoms with Crippen molar-refractivity contribution in [3.63, 3.8) is 0 Å². The largest absolute Gasteiger partial charge is 0.497 e. The molecule has 158 valence electrons. The SMILES string of the molecule is COc1ccc(C2=C(c3ccccc3)C(=NCCN3CCOCC3)NS2(=O)=O)cc1. The van der Waals surface area contributed by atoms with E-state index < -0.39 is 10.0 Å². The number of benzene rings is 2. The topological polar surface area (TPSA) is 80.2 Å². The van der Waals surface area contributed by atoms with Gasteiger partial charge in [-0.15, -0.1) is 0 Å². The minimum absolute atomic E-state index is 0.237. The van der Waals surface area contributed by atoms with Crippen LogP contribution < -0.4 is 9.46 Å². The quantitative estimate of drug-likeness (QED) is 0.765. The van der Waals surface area contributed by atoms with E-state index in [9.17, 15) is 8.42 Å². The molecule has 0 atom stereocenters. The van der Waals surface area contributed by atoms with Crippen LogP contribution in [0.1, 0.15) is 11.1 Å². The van der Waals surface area contributed by atoms with E-state index >= 15 is 0 Å². The van der Waals surface area contributed by atoms with Crippen molar-refractivity contribution in [3.8, 4) is 5.75 Å². The zero-order valence-corrected chi connectivity index (χ0v) is 17.7. The van der Waals surface area contributed by atoms with E-state index in [0.717, 1.165) is 38.4 Å². The number of hydrogen-bond donors (Lipinski definition) is 1. The van der Waals surface area contributed by atoms with Crippen molar-refractivity contribution >= 4 is 26.3 Å². The second kappa shape index (κ2) is 8.99. The number of amidine groups is 1. The third-order valence-electron chi connectivity index (χ3n) is 5.17. The Morgan fingerprint density at radius 3 is 2.40 bits per heavy atom. The van der Waals surface area contributed by atoms with Gasteiger partial charge in [-0.25, -0.2) is 8.42 Å². The van der Waals surface area contributed by atoms with Crippen molar-refractivity contribution in [2.75, 3.05) is 46.5 Å². The molecule has 0 amide bonds. The van der Waals surface area contributed by atoms with Gasteiger partial charge in [-0.3, -0.25) is 14.6 Å². The molecule has 1 saturated heterocycles. The number of ether oxygens (including phenoxy) is 2. The van der Waals surface area contributed by atoms with Gasteiger partial charge >= 0.3 is 0 Å². The van der Waals surface area contributed by atoms with Crippen molar-refractivity contribution in [1.82, 2.24) is 9.62 Å². The summed E-state index contributed by atoms with van der Waals surface area (Å²) in [6.45, 7) is 4.45. The molecule has 7 nitrogen and oxygen atoms in total. The Bertz CT molecular complexity index is 1040. The van der Waals surface area contributed by atoms with E-state index in [-0.39, 0.29) is 4.91 Å². The maximum Gasteiger partial charge on any atom is 0.264 e. The van der Waals surface area contributed by atoms with Crippen LogP contribution in [0.25, 0.3) is 10.5 Å². The molecule has 2 aromatic carbocycles. The summed E-state index contributed by atoms with van der Waals surface area (Å²) in [5.41, 5.74) is 2.00. The number of nitrogens with zero attached hydrogens (tertiary/aromatic N) is 2. The third-order valence-corrected chi connectivity index (χ3v) is 6.61. The van der Waals surface area contributed by atoms with Crippen LogP contribution in [-0.2, 0) is 14.8 Å². The minimum Gasteiger partial charge on any atom is -0.497 e. The van der Waals surface area contributed by atoms with E-state index in [1.807, 2.05) is 30.3 Å². The lowest BCUT2D eigenvalue weighted by molar-refractivity contribution is 0.0394. The molecule has 8 heteroatoms. The van der Waals surface area contributed by atoms with Crippen LogP contribution in [0.15, 0.2) is 59.6 Å². The summed E-state index contributed by atoms with van der Waals surface area (Å²) in [5, 5.41) is 0. The maximum atomic E-state index is 13.1. The number of rotatable bonds is 6. The summed E-state index contributed by atoms with van der Waals surface area (Å²) < 4.78 is 39.4. The fourth-order valence-corrected chi connectivity index (χ4v) is 5.08. The smallest absolute Gasteiger partial charge is 0.264 e.